The van der Waals surface area contributed by atoms with Gasteiger partial charge in [0.1, 0.15) is 0 Å². The van der Waals surface area contributed by atoms with Gasteiger partial charge in [-0.25, -0.2) is 0 Å². The van der Waals surface area contributed by atoms with E-state index in [4.69, 9.17) is 0 Å². The van der Waals surface area contributed by atoms with Crippen molar-refractivity contribution in [3.8, 4) is 0 Å². The Morgan fingerprint density at radius 3 is 2.71 bits per heavy atom. The average Bonchev–Trinajstić information content (AvgIpc) is 2.38. The van der Waals surface area contributed by atoms with Gasteiger partial charge in [0.2, 0.25) is 0 Å². The molecule has 1 aliphatic carbocycles. The number of allylic oxidation sites excluding steroid dienone is 2. The van der Waals surface area contributed by atoms with Crippen molar-refractivity contribution < 1.29 is 0 Å². The van der Waals surface area contributed by atoms with Crippen molar-refractivity contribution in [2.45, 2.75) is 39.2 Å². The third-order valence-electron chi connectivity index (χ3n) is 3.89. The molecule has 0 N–H and O–H groups in total. The van der Waals surface area contributed by atoms with Crippen LogP contribution in [0, 0.1) is 11.8 Å². The van der Waals surface area contributed by atoms with Crippen LogP contribution in [0.2, 0.25) is 6.04 Å². The molecule has 0 aliphatic heterocycles. The second-order valence-electron chi connectivity index (χ2n) is 5.31. The lowest BCUT2D eigenvalue weighted by atomic mass is 9.83. The van der Waals surface area contributed by atoms with Gasteiger partial charge in [0, 0.05) is 0 Å². The number of rotatable bonds is 4. The Morgan fingerprint density at radius 2 is 2.06 bits per heavy atom. The van der Waals surface area contributed by atoms with Gasteiger partial charge in [-0.3, -0.25) is 0 Å². The molecule has 1 heteroatoms. The van der Waals surface area contributed by atoms with Gasteiger partial charge in [-0.1, -0.05) is 60.1 Å². The molecule has 1 aromatic rings. The summed E-state index contributed by atoms with van der Waals surface area (Å²) in [6.07, 6.45) is 6.49. The number of hydrogen-bond acceptors (Lipinski definition) is 0. The Hall–Kier alpha value is -0.823. The second-order valence-corrected chi connectivity index (χ2v) is 6.65. The van der Waals surface area contributed by atoms with Crippen molar-refractivity contribution in [2.75, 3.05) is 0 Å². The summed E-state index contributed by atoms with van der Waals surface area (Å²) >= 11 is 0. The van der Waals surface area contributed by atoms with Crippen molar-refractivity contribution in [2.24, 2.45) is 11.8 Å². The first kappa shape index (κ1) is 12.6. The van der Waals surface area contributed by atoms with E-state index in [9.17, 15) is 0 Å². The molecule has 90 valence electrons. The highest BCUT2D eigenvalue weighted by Gasteiger charge is 2.19. The van der Waals surface area contributed by atoms with Crippen LogP contribution in [0.25, 0.3) is 0 Å². The molecular weight excluding hydrogens is 220 g/mol. The van der Waals surface area contributed by atoms with Crippen LogP contribution in [0.15, 0.2) is 42.0 Å². The molecule has 0 nitrogen and oxygen atoms in total. The van der Waals surface area contributed by atoms with Crippen molar-refractivity contribution >= 4 is 14.7 Å². The molecule has 17 heavy (non-hydrogen) atoms. The van der Waals surface area contributed by atoms with Crippen LogP contribution < -0.4 is 5.19 Å². The molecule has 0 aromatic heterocycles. The van der Waals surface area contributed by atoms with E-state index < -0.39 is 0 Å². The van der Waals surface area contributed by atoms with Crippen molar-refractivity contribution in [3.05, 3.63) is 42.0 Å². The molecule has 0 saturated heterocycles. The first-order chi connectivity index (χ1) is 8.25. The molecule has 0 bridgehead atoms. The predicted molar refractivity (Wildman–Crippen MR) is 76.9 cm³/mol. The standard InChI is InChI=1S/C16H22Si/c1-13-8-10-15(11-9-13)14(2)12-17-16-6-4-3-5-7-16/h3-8,14-15H,9-12H2,1-2H3/t14?,15-/m0/s1. The quantitative estimate of drug-likeness (QED) is 0.556. The third kappa shape index (κ3) is 3.85. The largest absolute Gasteiger partial charge is 0.0853 e. The molecule has 0 fully saturated rings. The minimum atomic E-state index is 0.873. The number of benzene rings is 1. The second kappa shape index (κ2) is 6.20. The lowest BCUT2D eigenvalue weighted by Gasteiger charge is -2.26. The van der Waals surface area contributed by atoms with E-state index in [1.165, 1.54) is 30.5 Å². The summed E-state index contributed by atoms with van der Waals surface area (Å²) in [6.45, 7) is 4.71. The van der Waals surface area contributed by atoms with Gasteiger partial charge in [-0.05, 0) is 38.0 Å². The molecule has 1 unspecified atom stereocenters. The van der Waals surface area contributed by atoms with Gasteiger partial charge in [-0.2, -0.15) is 0 Å². The Kier molecular flexibility index (Phi) is 4.61. The van der Waals surface area contributed by atoms with E-state index in [0.29, 0.717) is 0 Å². The van der Waals surface area contributed by atoms with Gasteiger partial charge in [0.25, 0.3) is 0 Å². The summed E-state index contributed by atoms with van der Waals surface area (Å²) in [5.74, 6) is 1.80. The maximum absolute atomic E-state index is 2.45. The minimum Gasteiger partial charge on any atom is -0.0853 e. The Balaban J connectivity index is 1.80. The topological polar surface area (TPSA) is 0 Å². The zero-order valence-corrected chi connectivity index (χ0v) is 11.9. The molecule has 0 heterocycles. The van der Waals surface area contributed by atoms with Crippen LogP contribution in [0.1, 0.15) is 33.1 Å². The Labute approximate surface area is 108 Å². The molecule has 2 atom stereocenters. The molecule has 0 amide bonds. The first-order valence-corrected chi connectivity index (χ1v) is 7.91. The first-order valence-electron chi connectivity index (χ1n) is 6.70. The lowest BCUT2D eigenvalue weighted by molar-refractivity contribution is 0.350. The average molecular weight is 242 g/mol. The van der Waals surface area contributed by atoms with Gasteiger partial charge < -0.3 is 0 Å². The van der Waals surface area contributed by atoms with Crippen molar-refractivity contribution in [1.29, 1.82) is 0 Å². The fourth-order valence-corrected chi connectivity index (χ4v) is 3.82. The summed E-state index contributed by atoms with van der Waals surface area (Å²) in [7, 11) is 0.982. The highest BCUT2D eigenvalue weighted by Crippen LogP contribution is 2.30. The summed E-state index contributed by atoms with van der Waals surface area (Å²) in [5.41, 5.74) is 1.60. The van der Waals surface area contributed by atoms with Crippen LogP contribution in [0.4, 0.5) is 0 Å². The molecule has 2 radical (unpaired) electrons. The monoisotopic (exact) mass is 242 g/mol. The van der Waals surface area contributed by atoms with Gasteiger partial charge in [-0.15, -0.1) is 0 Å². The van der Waals surface area contributed by atoms with Gasteiger partial charge >= 0.3 is 0 Å². The molecule has 1 aliphatic rings. The highest BCUT2D eigenvalue weighted by atomic mass is 28.2. The molecular formula is C16H22Si. The summed E-state index contributed by atoms with van der Waals surface area (Å²) < 4.78 is 0. The van der Waals surface area contributed by atoms with Gasteiger partial charge in [0.15, 0.2) is 0 Å². The van der Waals surface area contributed by atoms with E-state index in [-0.39, 0.29) is 0 Å². The van der Waals surface area contributed by atoms with E-state index in [1.807, 2.05) is 0 Å². The van der Waals surface area contributed by atoms with E-state index in [0.717, 1.165) is 21.4 Å². The van der Waals surface area contributed by atoms with Crippen LogP contribution in [0.5, 0.6) is 0 Å². The smallest absolute Gasteiger partial charge is 0.0810 e. The van der Waals surface area contributed by atoms with Crippen LogP contribution in [-0.2, 0) is 0 Å². The Morgan fingerprint density at radius 1 is 1.29 bits per heavy atom. The zero-order valence-electron chi connectivity index (χ0n) is 10.9. The molecule has 0 saturated carbocycles. The number of hydrogen-bond donors (Lipinski definition) is 0. The summed E-state index contributed by atoms with van der Waals surface area (Å²) in [4.78, 5) is 0. The molecule has 1 aromatic carbocycles. The van der Waals surface area contributed by atoms with Crippen molar-refractivity contribution in [3.63, 3.8) is 0 Å². The van der Waals surface area contributed by atoms with E-state index in [2.05, 4.69) is 50.3 Å². The van der Waals surface area contributed by atoms with Gasteiger partial charge in [0.05, 0.1) is 9.52 Å². The summed E-state index contributed by atoms with van der Waals surface area (Å²) in [5, 5.41) is 1.52. The predicted octanol–water partition coefficient (Wildman–Crippen LogP) is 3.82. The van der Waals surface area contributed by atoms with Crippen LogP contribution in [-0.4, -0.2) is 9.52 Å². The fourth-order valence-electron chi connectivity index (χ4n) is 2.50. The van der Waals surface area contributed by atoms with Crippen LogP contribution in [0.3, 0.4) is 0 Å². The summed E-state index contributed by atoms with van der Waals surface area (Å²) in [6, 6.07) is 12.3. The lowest BCUT2D eigenvalue weighted by Crippen LogP contribution is -2.21. The third-order valence-corrected chi connectivity index (χ3v) is 5.47. The van der Waals surface area contributed by atoms with E-state index in [1.54, 1.807) is 5.57 Å². The molecule has 2 rings (SSSR count). The SMILES string of the molecule is CC1=CC[C@H](C(C)C[Si]c2ccccc2)CC1. The maximum Gasteiger partial charge on any atom is 0.0810 e. The van der Waals surface area contributed by atoms with Crippen molar-refractivity contribution in [1.82, 2.24) is 0 Å². The normalized spacial score (nSPS) is 22.0. The maximum atomic E-state index is 2.45. The van der Waals surface area contributed by atoms with Crippen LogP contribution >= 0.6 is 0 Å². The Bertz CT molecular complexity index is 366. The zero-order chi connectivity index (χ0) is 12.1. The van der Waals surface area contributed by atoms with E-state index >= 15 is 0 Å². The fraction of sp³-hybridized carbons (Fsp3) is 0.500. The highest BCUT2D eigenvalue weighted by molar-refractivity contribution is 6.53. The molecule has 0 spiro atoms. The minimum absolute atomic E-state index is 0.873.